The third-order valence-corrected chi connectivity index (χ3v) is 7.45. The number of carbonyl (C=O) groups excluding carboxylic acids is 1. The molecule has 1 aliphatic heterocycles. The molecule has 0 bridgehead atoms. The fraction of sp³-hybridized carbons (Fsp3) is 0.435. The summed E-state index contributed by atoms with van der Waals surface area (Å²) in [6, 6.07) is 14.4. The lowest BCUT2D eigenvalue weighted by atomic mass is 10.0. The lowest BCUT2D eigenvalue weighted by Gasteiger charge is -2.28. The lowest BCUT2D eigenvalue weighted by molar-refractivity contribution is 0.0934. The van der Waals surface area contributed by atoms with Crippen LogP contribution in [-0.2, 0) is 9.84 Å². The Morgan fingerprint density at radius 3 is 2.40 bits per heavy atom. The van der Waals surface area contributed by atoms with E-state index < -0.39 is 9.84 Å². The molecular formula is C23H30N2O4S. The van der Waals surface area contributed by atoms with Crippen LogP contribution in [0, 0.1) is 0 Å². The maximum Gasteiger partial charge on any atom is 0.252 e. The zero-order chi connectivity index (χ0) is 21.6. The van der Waals surface area contributed by atoms with Gasteiger partial charge in [-0.05, 0) is 62.2 Å². The molecule has 1 N–H and O–H groups in total. The Balaban J connectivity index is 1.80. The summed E-state index contributed by atoms with van der Waals surface area (Å²) in [6.45, 7) is 4.19. The van der Waals surface area contributed by atoms with Crippen molar-refractivity contribution in [3.63, 3.8) is 0 Å². The summed E-state index contributed by atoms with van der Waals surface area (Å²) in [5.74, 6) is 0.459. The summed E-state index contributed by atoms with van der Waals surface area (Å²) >= 11 is 0. The first-order valence-corrected chi connectivity index (χ1v) is 12.1. The average molecular weight is 431 g/mol. The van der Waals surface area contributed by atoms with Gasteiger partial charge < -0.3 is 10.1 Å². The van der Waals surface area contributed by atoms with E-state index in [1.807, 2.05) is 31.2 Å². The number of hydrogen-bond acceptors (Lipinski definition) is 5. The average Bonchev–Trinajstić information content (AvgIpc) is 3.29. The van der Waals surface area contributed by atoms with Gasteiger partial charge in [0.2, 0.25) is 0 Å². The fourth-order valence-corrected chi connectivity index (χ4v) is 5.46. The van der Waals surface area contributed by atoms with Gasteiger partial charge >= 0.3 is 0 Å². The number of sulfone groups is 1. The minimum Gasteiger partial charge on any atom is -0.497 e. The van der Waals surface area contributed by atoms with Crippen molar-refractivity contribution in [2.75, 3.05) is 32.5 Å². The van der Waals surface area contributed by atoms with E-state index >= 15 is 0 Å². The quantitative estimate of drug-likeness (QED) is 0.660. The molecule has 2 aromatic rings. The van der Waals surface area contributed by atoms with Gasteiger partial charge in [-0.1, -0.05) is 31.2 Å². The van der Waals surface area contributed by atoms with Gasteiger partial charge in [-0.25, -0.2) is 8.42 Å². The molecule has 0 aromatic heterocycles. The number of nitrogens with zero attached hydrogens (tertiary/aromatic N) is 1. The van der Waals surface area contributed by atoms with Crippen LogP contribution in [0.5, 0.6) is 5.75 Å². The second-order valence-corrected chi connectivity index (χ2v) is 9.63. The summed E-state index contributed by atoms with van der Waals surface area (Å²) < 4.78 is 30.4. The summed E-state index contributed by atoms with van der Waals surface area (Å²) in [4.78, 5) is 15.4. The normalized spacial score (nSPS) is 15.7. The summed E-state index contributed by atoms with van der Waals surface area (Å²) in [7, 11) is -1.85. The molecule has 0 spiro atoms. The highest BCUT2D eigenvalue weighted by molar-refractivity contribution is 7.91. The number of nitrogens with one attached hydrogen (secondary N) is 1. The van der Waals surface area contributed by atoms with Crippen LogP contribution in [0.3, 0.4) is 0 Å². The van der Waals surface area contributed by atoms with Gasteiger partial charge in [-0.15, -0.1) is 0 Å². The molecule has 1 heterocycles. The van der Waals surface area contributed by atoms with Crippen LogP contribution in [0.25, 0.3) is 0 Å². The number of likely N-dealkylation sites (tertiary alicyclic amines) is 1. The molecule has 30 heavy (non-hydrogen) atoms. The summed E-state index contributed by atoms with van der Waals surface area (Å²) in [5, 5.41) is 2.98. The van der Waals surface area contributed by atoms with E-state index in [9.17, 15) is 13.2 Å². The first-order valence-electron chi connectivity index (χ1n) is 10.4. The topological polar surface area (TPSA) is 75.7 Å². The van der Waals surface area contributed by atoms with E-state index in [1.54, 1.807) is 25.3 Å². The SMILES string of the molecule is CCCS(=O)(=O)c1ccccc1C(=O)NCC(c1ccc(OC)cc1)N1CCCC1. The molecule has 1 atom stereocenters. The van der Waals surface area contributed by atoms with Crippen LogP contribution in [0.15, 0.2) is 53.4 Å². The van der Waals surface area contributed by atoms with Crippen molar-refractivity contribution in [2.24, 2.45) is 0 Å². The van der Waals surface area contributed by atoms with Crippen molar-refractivity contribution < 1.29 is 17.9 Å². The smallest absolute Gasteiger partial charge is 0.252 e. The molecule has 0 aliphatic carbocycles. The Kier molecular flexibility index (Phi) is 7.50. The molecule has 1 saturated heterocycles. The Bertz CT molecular complexity index is 951. The zero-order valence-corrected chi connectivity index (χ0v) is 18.5. The molecule has 1 unspecified atom stereocenters. The maximum absolute atomic E-state index is 13.0. The number of rotatable bonds is 9. The van der Waals surface area contributed by atoms with E-state index in [0.717, 1.165) is 37.2 Å². The highest BCUT2D eigenvalue weighted by Crippen LogP contribution is 2.26. The molecule has 1 amide bonds. The number of methoxy groups -OCH3 is 1. The van der Waals surface area contributed by atoms with Gasteiger partial charge in [0, 0.05) is 6.54 Å². The van der Waals surface area contributed by atoms with Gasteiger partial charge in [-0.2, -0.15) is 0 Å². The second kappa shape index (κ2) is 10.1. The molecule has 162 valence electrons. The molecular weight excluding hydrogens is 400 g/mol. The van der Waals surface area contributed by atoms with Gasteiger partial charge in [-0.3, -0.25) is 9.69 Å². The predicted molar refractivity (Wildman–Crippen MR) is 118 cm³/mol. The van der Waals surface area contributed by atoms with E-state index in [2.05, 4.69) is 10.2 Å². The van der Waals surface area contributed by atoms with Crippen molar-refractivity contribution in [1.82, 2.24) is 10.2 Å². The Morgan fingerprint density at radius 2 is 1.77 bits per heavy atom. The van der Waals surface area contributed by atoms with Gasteiger partial charge in [0.15, 0.2) is 9.84 Å². The van der Waals surface area contributed by atoms with Crippen molar-refractivity contribution in [1.29, 1.82) is 0 Å². The first-order chi connectivity index (χ1) is 14.5. The van der Waals surface area contributed by atoms with Gasteiger partial charge in [0.1, 0.15) is 5.75 Å². The molecule has 6 nitrogen and oxygen atoms in total. The first kappa shape index (κ1) is 22.3. The Hall–Kier alpha value is -2.38. The van der Waals surface area contributed by atoms with E-state index in [4.69, 9.17) is 4.74 Å². The van der Waals surface area contributed by atoms with Crippen LogP contribution in [-0.4, -0.2) is 51.7 Å². The fourth-order valence-electron chi connectivity index (χ4n) is 3.93. The molecule has 3 rings (SSSR count). The van der Waals surface area contributed by atoms with Crippen LogP contribution in [0.2, 0.25) is 0 Å². The summed E-state index contributed by atoms with van der Waals surface area (Å²) in [6.07, 6.45) is 2.78. The largest absolute Gasteiger partial charge is 0.497 e. The molecule has 1 aliphatic rings. The molecule has 0 saturated carbocycles. The van der Waals surface area contributed by atoms with Crippen molar-refractivity contribution in [2.45, 2.75) is 37.1 Å². The minimum atomic E-state index is -3.49. The van der Waals surface area contributed by atoms with Crippen molar-refractivity contribution in [3.8, 4) is 5.75 Å². The molecule has 1 fully saturated rings. The number of ether oxygens (including phenoxy) is 1. The van der Waals surface area contributed by atoms with Crippen molar-refractivity contribution >= 4 is 15.7 Å². The zero-order valence-electron chi connectivity index (χ0n) is 17.6. The Labute approximate surface area is 179 Å². The number of hydrogen-bond donors (Lipinski definition) is 1. The standard InChI is InChI=1S/C23H30N2O4S/c1-3-16-30(27,28)22-9-5-4-8-20(22)23(26)24-17-21(25-14-6-7-15-25)18-10-12-19(29-2)13-11-18/h4-5,8-13,21H,3,6-7,14-17H2,1-2H3,(H,24,26). The van der Waals surface area contributed by atoms with Crippen LogP contribution >= 0.6 is 0 Å². The third-order valence-electron chi connectivity index (χ3n) is 5.48. The highest BCUT2D eigenvalue weighted by Gasteiger charge is 2.26. The van der Waals surface area contributed by atoms with Crippen LogP contribution in [0.4, 0.5) is 0 Å². The van der Waals surface area contributed by atoms with E-state index in [-0.39, 0.29) is 28.2 Å². The molecule has 2 aromatic carbocycles. The minimum absolute atomic E-state index is 0.0273. The van der Waals surface area contributed by atoms with Crippen LogP contribution in [0.1, 0.15) is 48.1 Å². The molecule has 7 heteroatoms. The van der Waals surface area contributed by atoms with Gasteiger partial charge in [0.05, 0.1) is 29.4 Å². The number of amides is 1. The third kappa shape index (κ3) is 5.21. The van der Waals surface area contributed by atoms with Crippen molar-refractivity contribution in [3.05, 3.63) is 59.7 Å². The Morgan fingerprint density at radius 1 is 1.10 bits per heavy atom. The van der Waals surface area contributed by atoms with Gasteiger partial charge in [0.25, 0.3) is 5.91 Å². The lowest BCUT2D eigenvalue weighted by Crippen LogP contribution is -2.37. The van der Waals surface area contributed by atoms with E-state index in [1.165, 1.54) is 6.07 Å². The number of benzene rings is 2. The maximum atomic E-state index is 13.0. The number of carbonyl (C=O) groups is 1. The van der Waals surface area contributed by atoms with Crippen LogP contribution < -0.4 is 10.1 Å². The highest BCUT2D eigenvalue weighted by atomic mass is 32.2. The monoisotopic (exact) mass is 430 g/mol. The second-order valence-electron chi connectivity index (χ2n) is 7.56. The summed E-state index contributed by atoms with van der Waals surface area (Å²) in [5.41, 5.74) is 1.31. The predicted octanol–water partition coefficient (Wildman–Crippen LogP) is 3.45. The van der Waals surface area contributed by atoms with E-state index in [0.29, 0.717) is 13.0 Å². The molecule has 0 radical (unpaired) electrons.